The summed E-state index contributed by atoms with van der Waals surface area (Å²) in [5.74, 6) is 1.62. The number of hydrogen-bond acceptors (Lipinski definition) is 6. The van der Waals surface area contributed by atoms with E-state index in [0.717, 1.165) is 10.6 Å². The fourth-order valence-corrected chi connectivity index (χ4v) is 3.73. The van der Waals surface area contributed by atoms with E-state index in [-0.39, 0.29) is 11.7 Å². The number of nitrogens with zero attached hydrogens (tertiary/aromatic N) is 4. The Kier molecular flexibility index (Phi) is 6.42. The van der Waals surface area contributed by atoms with Gasteiger partial charge in [-0.1, -0.05) is 23.9 Å². The van der Waals surface area contributed by atoms with Crippen molar-refractivity contribution in [2.75, 3.05) is 13.7 Å². The minimum atomic E-state index is -0.249. The Labute approximate surface area is 182 Å². The van der Waals surface area contributed by atoms with Crippen LogP contribution < -0.4 is 10.1 Å². The van der Waals surface area contributed by atoms with E-state index >= 15 is 0 Å². The second-order valence-corrected chi connectivity index (χ2v) is 7.70. The van der Waals surface area contributed by atoms with Crippen LogP contribution >= 0.6 is 11.8 Å². The molecule has 0 bridgehead atoms. The first-order valence-electron chi connectivity index (χ1n) is 9.63. The number of nitrogens with one attached hydrogen (secondary N) is 1. The van der Waals surface area contributed by atoms with Crippen molar-refractivity contribution in [2.45, 2.75) is 17.2 Å². The lowest BCUT2D eigenvalue weighted by atomic mass is 10.2. The summed E-state index contributed by atoms with van der Waals surface area (Å²) in [6.45, 7) is 0.403. The fourth-order valence-electron chi connectivity index (χ4n) is 2.92. The zero-order valence-electron chi connectivity index (χ0n) is 16.8. The van der Waals surface area contributed by atoms with Crippen molar-refractivity contribution in [3.05, 3.63) is 83.4 Å². The third-order valence-corrected chi connectivity index (χ3v) is 5.58. The zero-order valence-corrected chi connectivity index (χ0v) is 17.6. The third-order valence-electron chi connectivity index (χ3n) is 4.59. The van der Waals surface area contributed by atoms with Crippen molar-refractivity contribution in [1.82, 2.24) is 25.1 Å². The molecule has 2 aromatic heterocycles. The van der Waals surface area contributed by atoms with Gasteiger partial charge in [0, 0.05) is 24.3 Å². The van der Waals surface area contributed by atoms with Crippen LogP contribution in [0, 0.1) is 5.82 Å². The first kappa shape index (κ1) is 20.8. The number of ether oxygens (including phenoxy) is 1. The summed E-state index contributed by atoms with van der Waals surface area (Å²) in [6, 6.07) is 17.1. The molecule has 1 N–H and O–H groups in total. The maximum Gasteiger partial charge on any atom is 0.251 e. The SMILES string of the molecule is COc1ccc(C(=O)NCCc2nnc3ccc(SCc4ccc(F)cc4)nn23)cc1. The predicted octanol–water partition coefficient (Wildman–Crippen LogP) is 3.54. The molecule has 0 unspecified atom stereocenters. The number of halogens is 1. The van der Waals surface area contributed by atoms with Crippen molar-refractivity contribution in [1.29, 1.82) is 0 Å². The van der Waals surface area contributed by atoms with E-state index in [1.54, 1.807) is 59.8 Å². The Morgan fingerprint density at radius 2 is 1.84 bits per heavy atom. The average Bonchev–Trinajstić information content (AvgIpc) is 3.21. The Balaban J connectivity index is 1.36. The van der Waals surface area contributed by atoms with E-state index in [0.29, 0.717) is 41.5 Å². The van der Waals surface area contributed by atoms with Gasteiger partial charge in [0.25, 0.3) is 5.91 Å². The molecular weight excluding hydrogens is 417 g/mol. The lowest BCUT2D eigenvalue weighted by Crippen LogP contribution is -2.26. The van der Waals surface area contributed by atoms with Crippen LogP contribution in [0.2, 0.25) is 0 Å². The predicted molar refractivity (Wildman–Crippen MR) is 116 cm³/mol. The topological polar surface area (TPSA) is 81.4 Å². The van der Waals surface area contributed by atoms with E-state index < -0.39 is 0 Å². The van der Waals surface area contributed by atoms with Crippen molar-refractivity contribution in [3.8, 4) is 5.75 Å². The van der Waals surface area contributed by atoms with Gasteiger partial charge in [-0.3, -0.25) is 4.79 Å². The van der Waals surface area contributed by atoms with Crippen LogP contribution in [0.5, 0.6) is 5.75 Å². The van der Waals surface area contributed by atoms with Crippen LogP contribution in [-0.2, 0) is 12.2 Å². The third kappa shape index (κ3) is 5.18. The van der Waals surface area contributed by atoms with E-state index in [4.69, 9.17) is 4.74 Å². The number of carbonyl (C=O) groups is 1. The smallest absolute Gasteiger partial charge is 0.251 e. The van der Waals surface area contributed by atoms with Gasteiger partial charge < -0.3 is 10.1 Å². The summed E-state index contributed by atoms with van der Waals surface area (Å²) in [7, 11) is 1.58. The maximum atomic E-state index is 13.0. The summed E-state index contributed by atoms with van der Waals surface area (Å²) in [4.78, 5) is 12.3. The molecule has 0 atom stereocenters. The van der Waals surface area contributed by atoms with E-state index in [1.807, 2.05) is 12.1 Å². The molecule has 0 aliphatic carbocycles. The van der Waals surface area contributed by atoms with E-state index in [1.165, 1.54) is 12.1 Å². The lowest BCUT2D eigenvalue weighted by Gasteiger charge is -2.06. The summed E-state index contributed by atoms with van der Waals surface area (Å²) >= 11 is 1.55. The molecule has 0 radical (unpaired) electrons. The second-order valence-electron chi connectivity index (χ2n) is 6.71. The summed E-state index contributed by atoms with van der Waals surface area (Å²) in [5.41, 5.74) is 2.21. The monoisotopic (exact) mass is 437 g/mol. The molecule has 1 amide bonds. The van der Waals surface area contributed by atoms with Gasteiger partial charge in [0.15, 0.2) is 11.5 Å². The Morgan fingerprint density at radius 1 is 1.06 bits per heavy atom. The summed E-state index contributed by atoms with van der Waals surface area (Å²) in [6.07, 6.45) is 0.488. The minimum absolute atomic E-state index is 0.167. The van der Waals surface area contributed by atoms with Crippen LogP contribution in [0.1, 0.15) is 21.7 Å². The average molecular weight is 438 g/mol. The van der Waals surface area contributed by atoms with Crippen LogP contribution in [0.3, 0.4) is 0 Å². The number of thioether (sulfide) groups is 1. The van der Waals surface area contributed by atoms with Crippen molar-refractivity contribution in [2.24, 2.45) is 0 Å². The first-order chi connectivity index (χ1) is 15.1. The highest BCUT2D eigenvalue weighted by Gasteiger charge is 2.10. The zero-order chi connectivity index (χ0) is 21.6. The molecule has 4 rings (SSSR count). The van der Waals surface area contributed by atoms with Gasteiger partial charge in [-0.15, -0.1) is 10.2 Å². The number of methoxy groups -OCH3 is 1. The quantitative estimate of drug-likeness (QED) is 0.425. The van der Waals surface area contributed by atoms with E-state index in [9.17, 15) is 9.18 Å². The maximum absolute atomic E-state index is 13.0. The highest BCUT2D eigenvalue weighted by molar-refractivity contribution is 7.98. The van der Waals surface area contributed by atoms with Crippen molar-refractivity contribution >= 4 is 23.3 Å². The van der Waals surface area contributed by atoms with Crippen LogP contribution in [0.4, 0.5) is 4.39 Å². The Bertz CT molecular complexity index is 1180. The largest absolute Gasteiger partial charge is 0.497 e. The van der Waals surface area contributed by atoms with Gasteiger partial charge in [-0.25, -0.2) is 4.39 Å². The molecule has 7 nitrogen and oxygen atoms in total. The first-order valence-corrected chi connectivity index (χ1v) is 10.6. The molecule has 0 saturated heterocycles. The van der Waals surface area contributed by atoms with Crippen molar-refractivity contribution < 1.29 is 13.9 Å². The number of amides is 1. The van der Waals surface area contributed by atoms with Crippen LogP contribution in [0.15, 0.2) is 65.7 Å². The Morgan fingerprint density at radius 3 is 2.58 bits per heavy atom. The van der Waals surface area contributed by atoms with Crippen molar-refractivity contribution in [3.63, 3.8) is 0 Å². The van der Waals surface area contributed by atoms with Gasteiger partial charge >= 0.3 is 0 Å². The molecule has 2 aromatic carbocycles. The molecule has 0 saturated carbocycles. The molecule has 158 valence electrons. The molecular formula is C22H20FN5O2S. The summed E-state index contributed by atoms with van der Waals surface area (Å²) < 4.78 is 19.8. The standard InChI is InChI=1S/C22H20FN5O2S/c1-30-18-8-4-16(5-9-18)22(29)24-13-12-20-26-25-19-10-11-21(27-28(19)20)31-14-15-2-6-17(23)7-3-15/h2-11H,12-14H2,1H3,(H,24,29). The van der Waals surface area contributed by atoms with Crippen LogP contribution in [0.25, 0.3) is 5.65 Å². The van der Waals surface area contributed by atoms with Gasteiger partial charge in [-0.2, -0.15) is 9.61 Å². The lowest BCUT2D eigenvalue weighted by molar-refractivity contribution is 0.0954. The molecule has 2 heterocycles. The normalized spacial score (nSPS) is 10.9. The number of benzene rings is 2. The van der Waals surface area contributed by atoms with Gasteiger partial charge in [0.2, 0.25) is 0 Å². The minimum Gasteiger partial charge on any atom is -0.497 e. The number of carbonyl (C=O) groups excluding carboxylic acids is 1. The van der Waals surface area contributed by atoms with Crippen LogP contribution in [-0.4, -0.2) is 39.4 Å². The molecule has 31 heavy (non-hydrogen) atoms. The Hall–Kier alpha value is -3.46. The van der Waals surface area contributed by atoms with E-state index in [2.05, 4.69) is 20.6 Å². The number of rotatable bonds is 8. The molecule has 0 spiro atoms. The molecule has 0 aliphatic heterocycles. The second kappa shape index (κ2) is 9.57. The highest BCUT2D eigenvalue weighted by Crippen LogP contribution is 2.21. The molecule has 9 heteroatoms. The van der Waals surface area contributed by atoms with Gasteiger partial charge in [0.05, 0.1) is 7.11 Å². The van der Waals surface area contributed by atoms with Gasteiger partial charge in [-0.05, 0) is 54.1 Å². The van der Waals surface area contributed by atoms with Gasteiger partial charge in [0.1, 0.15) is 16.6 Å². The number of fused-ring (bicyclic) bond motifs is 1. The molecule has 0 aliphatic rings. The molecule has 4 aromatic rings. The number of aromatic nitrogens is 4. The summed E-state index contributed by atoms with van der Waals surface area (Å²) in [5, 5.41) is 16.6. The molecule has 0 fully saturated rings. The number of hydrogen-bond donors (Lipinski definition) is 1. The fraction of sp³-hybridized carbons (Fsp3) is 0.182. The highest BCUT2D eigenvalue weighted by atomic mass is 32.2.